The van der Waals surface area contributed by atoms with Gasteiger partial charge in [0, 0.05) is 19.6 Å². The van der Waals surface area contributed by atoms with E-state index in [0.717, 1.165) is 32.1 Å². The second kappa shape index (κ2) is 15.5. The van der Waals surface area contributed by atoms with Crippen LogP contribution in [0.25, 0.3) is 0 Å². The van der Waals surface area contributed by atoms with E-state index in [2.05, 4.69) is 24.5 Å². The summed E-state index contributed by atoms with van der Waals surface area (Å²) in [5, 5.41) is 5.39. The van der Waals surface area contributed by atoms with E-state index < -0.39 is 14.1 Å². The Morgan fingerprint density at radius 2 is 1.71 bits per heavy atom. The molecular weight excluding hydrogens is 331 g/mol. The van der Waals surface area contributed by atoms with E-state index in [4.69, 9.17) is 9.26 Å². The first kappa shape index (κ1) is 22.9. The van der Waals surface area contributed by atoms with Gasteiger partial charge >= 0.3 is 6.09 Å². The van der Waals surface area contributed by atoms with Crippen molar-refractivity contribution in [2.45, 2.75) is 52.4 Å². The van der Waals surface area contributed by atoms with E-state index in [1.54, 1.807) is 6.66 Å². The Bertz CT molecular complexity index is 377. The maximum Gasteiger partial charge on any atom is 0.407 e. The van der Waals surface area contributed by atoms with Crippen LogP contribution in [0, 0.1) is 5.92 Å². The van der Waals surface area contributed by atoms with Crippen molar-refractivity contribution < 1.29 is 23.4 Å². The van der Waals surface area contributed by atoms with Gasteiger partial charge in [-0.1, -0.05) is 26.7 Å². The molecule has 142 valence electrons. The van der Waals surface area contributed by atoms with Crippen LogP contribution in [-0.4, -0.2) is 45.0 Å². The van der Waals surface area contributed by atoms with Gasteiger partial charge in [0.1, 0.15) is 6.61 Å². The third-order valence-electron chi connectivity index (χ3n) is 3.25. The number of alkyl carbamates (subject to hydrolysis) is 1. The lowest BCUT2D eigenvalue weighted by atomic mass is 10.1. The Balaban J connectivity index is 3.35. The van der Waals surface area contributed by atoms with Gasteiger partial charge < -0.3 is 19.9 Å². The van der Waals surface area contributed by atoms with Crippen LogP contribution in [0.5, 0.6) is 0 Å². The van der Waals surface area contributed by atoms with Gasteiger partial charge in [-0.3, -0.25) is 9.36 Å². The fourth-order valence-corrected chi connectivity index (χ4v) is 2.31. The van der Waals surface area contributed by atoms with Crippen LogP contribution < -0.4 is 10.6 Å². The molecule has 2 amide bonds. The normalized spacial score (nSPS) is 12.0. The molecule has 0 aliphatic carbocycles. The lowest BCUT2D eigenvalue weighted by molar-refractivity contribution is -0.121. The second-order valence-electron chi connectivity index (χ2n) is 6.10. The van der Waals surface area contributed by atoms with E-state index in [1.165, 1.54) is 0 Å². The van der Waals surface area contributed by atoms with Crippen LogP contribution in [0.4, 0.5) is 4.79 Å². The Morgan fingerprint density at radius 3 is 2.38 bits per heavy atom. The first-order chi connectivity index (χ1) is 11.4. The zero-order valence-electron chi connectivity index (χ0n) is 15.2. The molecule has 0 aliphatic rings. The lowest BCUT2D eigenvalue weighted by Gasteiger charge is -2.09. The topological polar surface area (TPSA) is 93.7 Å². The van der Waals surface area contributed by atoms with Crippen LogP contribution in [0.3, 0.4) is 0 Å². The van der Waals surface area contributed by atoms with Gasteiger partial charge in [-0.05, 0) is 25.2 Å². The zero-order valence-corrected chi connectivity index (χ0v) is 16.2. The van der Waals surface area contributed by atoms with Crippen molar-refractivity contribution in [1.82, 2.24) is 10.6 Å². The molecule has 0 bridgehead atoms. The third kappa shape index (κ3) is 17.3. The number of unbranched alkanes of at least 4 members (excludes halogenated alkanes) is 3. The molecular formula is C16H33N2O5P. The van der Waals surface area contributed by atoms with Crippen molar-refractivity contribution in [3.05, 3.63) is 0 Å². The van der Waals surface area contributed by atoms with Gasteiger partial charge in [0.2, 0.25) is 5.91 Å². The molecule has 0 aromatic rings. The molecule has 2 N–H and O–H groups in total. The average molecular weight is 364 g/mol. The maximum absolute atomic E-state index is 11.5. The predicted octanol–water partition coefficient (Wildman–Crippen LogP) is 2.95. The fraction of sp³-hybridized carbons (Fsp3) is 0.875. The van der Waals surface area contributed by atoms with Gasteiger partial charge in [0.25, 0.3) is 0 Å². The molecule has 0 saturated heterocycles. The summed E-state index contributed by atoms with van der Waals surface area (Å²) in [5.74, 6) is 0.493. The highest BCUT2D eigenvalue weighted by atomic mass is 31.1. The van der Waals surface area contributed by atoms with Gasteiger partial charge in [-0.15, -0.1) is 0 Å². The molecule has 0 aromatic carbocycles. The van der Waals surface area contributed by atoms with Crippen LogP contribution in [0.2, 0.25) is 0 Å². The first-order valence-corrected chi connectivity index (χ1v) is 10.5. The molecule has 0 aromatic heterocycles. The minimum absolute atomic E-state index is 0.00924. The monoisotopic (exact) mass is 364 g/mol. The summed E-state index contributed by atoms with van der Waals surface area (Å²) in [4.78, 5) is 22.9. The van der Waals surface area contributed by atoms with Crippen molar-refractivity contribution in [3.8, 4) is 0 Å². The fourth-order valence-electron chi connectivity index (χ4n) is 1.88. The van der Waals surface area contributed by atoms with E-state index >= 15 is 0 Å². The quantitative estimate of drug-likeness (QED) is 0.365. The van der Waals surface area contributed by atoms with Crippen molar-refractivity contribution in [2.75, 3.05) is 33.0 Å². The van der Waals surface area contributed by atoms with Gasteiger partial charge in [-0.2, -0.15) is 0 Å². The van der Waals surface area contributed by atoms with Gasteiger partial charge in [0.15, 0.2) is 8.03 Å². The molecule has 24 heavy (non-hydrogen) atoms. The Morgan fingerprint density at radius 1 is 1.00 bits per heavy atom. The van der Waals surface area contributed by atoms with Gasteiger partial charge in [0.05, 0.1) is 13.2 Å². The number of carbonyl (C=O) groups excluding carboxylic acids is 2. The Kier molecular flexibility index (Phi) is 14.8. The lowest BCUT2D eigenvalue weighted by Crippen LogP contribution is -2.31. The predicted molar refractivity (Wildman–Crippen MR) is 95.8 cm³/mol. The minimum Gasteiger partial charge on any atom is -0.448 e. The van der Waals surface area contributed by atoms with Gasteiger partial charge in [-0.25, -0.2) is 4.79 Å². The highest BCUT2D eigenvalue weighted by Crippen LogP contribution is 2.15. The summed E-state index contributed by atoms with van der Waals surface area (Å²) in [5.41, 5.74) is 0. The Labute approximate surface area is 146 Å². The SMILES string of the molecule is CC(C)CCC(=O)NCCOC(=O)NCCCCCCO[PH](C)=O. The van der Waals surface area contributed by atoms with Crippen LogP contribution in [-0.2, 0) is 18.6 Å². The molecule has 1 unspecified atom stereocenters. The van der Waals surface area contributed by atoms with Crippen LogP contribution in [0.15, 0.2) is 0 Å². The molecule has 1 atom stereocenters. The Hall–Kier alpha value is -1.07. The highest BCUT2D eigenvalue weighted by Gasteiger charge is 2.04. The smallest absolute Gasteiger partial charge is 0.407 e. The average Bonchev–Trinajstić information content (AvgIpc) is 2.51. The summed E-state index contributed by atoms with van der Waals surface area (Å²) >= 11 is 0. The molecule has 0 fully saturated rings. The van der Waals surface area contributed by atoms with E-state index in [0.29, 0.717) is 32.0 Å². The summed E-state index contributed by atoms with van der Waals surface area (Å²) < 4.78 is 20.7. The van der Waals surface area contributed by atoms with Crippen molar-refractivity contribution in [1.29, 1.82) is 0 Å². The summed E-state index contributed by atoms with van der Waals surface area (Å²) in [6, 6.07) is 0. The van der Waals surface area contributed by atoms with E-state index in [1.807, 2.05) is 0 Å². The summed E-state index contributed by atoms with van der Waals surface area (Å²) in [6.45, 7) is 7.33. The maximum atomic E-state index is 11.5. The summed E-state index contributed by atoms with van der Waals surface area (Å²) in [7, 11) is -1.82. The third-order valence-corrected chi connectivity index (χ3v) is 3.86. The molecule has 0 spiro atoms. The van der Waals surface area contributed by atoms with Crippen LogP contribution >= 0.6 is 8.03 Å². The van der Waals surface area contributed by atoms with Crippen LogP contribution in [0.1, 0.15) is 52.4 Å². The molecule has 0 rings (SSSR count). The van der Waals surface area contributed by atoms with Crippen molar-refractivity contribution >= 4 is 20.0 Å². The molecule has 0 radical (unpaired) electrons. The second-order valence-corrected chi connectivity index (χ2v) is 7.37. The number of hydrogen-bond donors (Lipinski definition) is 2. The largest absolute Gasteiger partial charge is 0.448 e. The zero-order chi connectivity index (χ0) is 18.2. The number of nitrogens with one attached hydrogen (secondary N) is 2. The number of rotatable bonds is 14. The molecule has 0 saturated carbocycles. The molecule has 0 heterocycles. The highest BCUT2D eigenvalue weighted by molar-refractivity contribution is 7.38. The number of ether oxygens (including phenoxy) is 1. The molecule has 7 nitrogen and oxygen atoms in total. The molecule has 0 aliphatic heterocycles. The number of hydrogen-bond acceptors (Lipinski definition) is 5. The summed E-state index contributed by atoms with van der Waals surface area (Å²) in [6.07, 6.45) is 4.60. The number of carbonyl (C=O) groups is 2. The van der Waals surface area contributed by atoms with E-state index in [9.17, 15) is 14.2 Å². The number of amides is 2. The first-order valence-electron chi connectivity index (χ1n) is 8.72. The van der Waals surface area contributed by atoms with E-state index in [-0.39, 0.29) is 12.5 Å². The minimum atomic E-state index is -1.82. The molecule has 8 heteroatoms. The van der Waals surface area contributed by atoms with Crippen molar-refractivity contribution in [3.63, 3.8) is 0 Å². The standard InChI is InChI=1S/C16H33N2O5P/c1-14(2)8-9-15(19)17-11-13-22-16(20)18-10-6-4-5-7-12-23-24(3)21/h14,24H,4-13H2,1-3H3,(H,17,19)(H,18,20). The van der Waals surface area contributed by atoms with Crippen molar-refractivity contribution in [2.24, 2.45) is 5.92 Å².